The zero-order valence-electron chi connectivity index (χ0n) is 18.2. The molecule has 2 aliphatic rings. The number of epoxide rings is 2. The van der Waals surface area contributed by atoms with Crippen LogP contribution in [-0.4, -0.2) is 119 Å². The van der Waals surface area contributed by atoms with Gasteiger partial charge in [-0.15, -0.1) is 0 Å². The van der Waals surface area contributed by atoms with Gasteiger partial charge in [0.2, 0.25) is 0 Å². The van der Waals surface area contributed by atoms with Gasteiger partial charge in [0, 0.05) is 18.2 Å². The Balaban J connectivity index is -0.000000354. The topological polar surface area (TPSA) is 227 Å². The quantitative estimate of drug-likeness (QED) is 0.132. The average molecular weight is 482 g/mol. The van der Waals surface area contributed by atoms with Crippen LogP contribution in [0.5, 0.6) is 0 Å². The molecule has 0 aromatic heterocycles. The summed E-state index contributed by atoms with van der Waals surface area (Å²) in [4.78, 5) is 27.8. The third-order valence-electron chi connectivity index (χ3n) is 3.28. The summed E-state index contributed by atoms with van der Waals surface area (Å²) in [5.74, 6) is -2.94. The van der Waals surface area contributed by atoms with Crippen LogP contribution in [0.3, 0.4) is 0 Å². The number of aliphatic carboxylic acids is 3. The van der Waals surface area contributed by atoms with Gasteiger partial charge in [-0.05, 0) is 0 Å². The molecule has 7 N–H and O–H groups in total. The fourth-order valence-electron chi connectivity index (χ4n) is 0.959. The zero-order valence-corrected chi connectivity index (χ0v) is 18.2. The first-order valence-corrected chi connectivity index (χ1v) is 9.31. The Kier molecular flexibility index (Phi) is 23.9. The summed E-state index contributed by atoms with van der Waals surface area (Å²) in [5, 5.41) is 56.8. The number of rotatable bonds is 11. The van der Waals surface area contributed by atoms with Crippen LogP contribution >= 0.6 is 0 Å². The lowest BCUT2D eigenvalue weighted by atomic mass is 9.93. The van der Waals surface area contributed by atoms with Gasteiger partial charge in [-0.25, -0.2) is 14.4 Å². The molecule has 13 nitrogen and oxygen atoms in total. The molecule has 0 aliphatic carbocycles. The number of aliphatic hydroxyl groups excluding tert-OH is 4. The van der Waals surface area contributed by atoms with Crippen LogP contribution in [0, 0.1) is 5.41 Å². The Morgan fingerprint density at radius 3 is 1.03 bits per heavy atom. The van der Waals surface area contributed by atoms with Crippen LogP contribution in [0.1, 0.15) is 0 Å². The minimum atomic E-state index is -1.11. The Bertz CT molecular complexity index is 492. The first-order chi connectivity index (χ1) is 15.5. The maximum Gasteiger partial charge on any atom is 0.327 e. The molecule has 0 amide bonds. The fourth-order valence-corrected chi connectivity index (χ4v) is 0.959. The van der Waals surface area contributed by atoms with E-state index in [4.69, 9.17) is 50.0 Å². The van der Waals surface area contributed by atoms with Gasteiger partial charge < -0.3 is 50.0 Å². The third-order valence-corrected chi connectivity index (χ3v) is 3.28. The second-order valence-corrected chi connectivity index (χ2v) is 6.21. The van der Waals surface area contributed by atoms with Crippen LogP contribution in [0.4, 0.5) is 0 Å². The van der Waals surface area contributed by atoms with Gasteiger partial charge in [0.05, 0.1) is 58.3 Å². The van der Waals surface area contributed by atoms with Gasteiger partial charge in [0.15, 0.2) is 0 Å². The van der Waals surface area contributed by atoms with Crippen LogP contribution < -0.4 is 0 Å². The lowest BCUT2D eigenvalue weighted by Crippen LogP contribution is -2.37. The van der Waals surface area contributed by atoms with Crippen LogP contribution in [0.25, 0.3) is 0 Å². The lowest BCUT2D eigenvalue weighted by molar-refractivity contribution is -0.132. The van der Waals surface area contributed by atoms with Crippen molar-refractivity contribution in [1.82, 2.24) is 0 Å². The van der Waals surface area contributed by atoms with E-state index in [1.807, 2.05) is 0 Å². The molecule has 13 heteroatoms. The number of carbonyl (C=O) groups is 3. The highest BCUT2D eigenvalue weighted by Crippen LogP contribution is 2.12. The Morgan fingerprint density at radius 1 is 0.727 bits per heavy atom. The van der Waals surface area contributed by atoms with E-state index in [2.05, 4.69) is 19.7 Å². The molecular weight excluding hydrogens is 448 g/mol. The number of carboxylic acid groups (broad SMARTS) is 3. The molecule has 0 spiro atoms. The first kappa shape index (κ1) is 35.0. The van der Waals surface area contributed by atoms with Crippen molar-refractivity contribution in [3.8, 4) is 0 Å². The highest BCUT2D eigenvalue weighted by atomic mass is 16.6. The minimum Gasteiger partial charge on any atom is -0.478 e. The third kappa shape index (κ3) is 29.4. The molecule has 2 heterocycles. The summed E-state index contributed by atoms with van der Waals surface area (Å²) < 4.78 is 15.1. The SMILES string of the molecule is C(OCC1CO1)C1CO1.C=CC(=O)O.C=CC(=O)O.C=CC(=O)O.OCC(CO)(CO)CO. The monoisotopic (exact) mass is 482 g/mol. The normalized spacial score (nSPS) is 16.7. The van der Waals surface area contributed by atoms with Crippen molar-refractivity contribution in [2.75, 3.05) is 52.9 Å². The van der Waals surface area contributed by atoms with E-state index < -0.39 is 49.8 Å². The Morgan fingerprint density at radius 2 is 0.939 bits per heavy atom. The summed E-state index contributed by atoms with van der Waals surface area (Å²) in [6, 6.07) is 0. The maximum absolute atomic E-state index is 9.25. The number of hydrogen-bond donors (Lipinski definition) is 7. The largest absolute Gasteiger partial charge is 0.478 e. The number of aliphatic hydroxyl groups is 4. The molecule has 2 fully saturated rings. The zero-order chi connectivity index (χ0) is 26.3. The Hall–Kier alpha value is -2.65. The van der Waals surface area contributed by atoms with Crippen LogP contribution in [-0.2, 0) is 28.6 Å². The smallest absolute Gasteiger partial charge is 0.327 e. The molecule has 0 aromatic rings. The number of ether oxygens (including phenoxy) is 3. The molecule has 2 unspecified atom stereocenters. The van der Waals surface area contributed by atoms with E-state index >= 15 is 0 Å². The predicted octanol–water partition coefficient (Wildman–Crippen LogP) is -1.49. The molecule has 2 saturated heterocycles. The molecule has 2 rings (SSSR count). The van der Waals surface area contributed by atoms with Crippen LogP contribution in [0.2, 0.25) is 0 Å². The molecule has 0 saturated carbocycles. The molecule has 0 bridgehead atoms. The molecule has 192 valence electrons. The summed E-state index contributed by atoms with van der Waals surface area (Å²) >= 11 is 0. The van der Waals surface area contributed by atoms with Crippen molar-refractivity contribution in [3.05, 3.63) is 38.0 Å². The highest BCUT2D eigenvalue weighted by molar-refractivity contribution is 5.79. The molecular formula is C20H34O13. The molecule has 0 aromatic carbocycles. The number of hydrogen-bond acceptors (Lipinski definition) is 10. The summed E-state index contributed by atoms with van der Waals surface area (Å²) in [6.07, 6.45) is 3.28. The average Bonchev–Trinajstić information content (AvgIpc) is 3.74. The fraction of sp³-hybridized carbons (Fsp3) is 0.550. The summed E-state index contributed by atoms with van der Waals surface area (Å²) in [7, 11) is 0. The van der Waals surface area contributed by atoms with Gasteiger partial charge in [-0.1, -0.05) is 19.7 Å². The molecule has 2 aliphatic heterocycles. The van der Waals surface area contributed by atoms with Gasteiger partial charge in [-0.3, -0.25) is 0 Å². The standard InChI is InChI=1S/C6H10O3.C5H12O4.3C3H4O2/c1(5-3-8-5)7-2-6-4-9-6;6-1-5(2-7,3-8)4-9;3*1-2-3(4)5/h5-6H,1-4H2;6-9H,1-4H2;3*2H,1H2,(H,4,5). The van der Waals surface area contributed by atoms with E-state index in [9.17, 15) is 14.4 Å². The second kappa shape index (κ2) is 22.5. The van der Waals surface area contributed by atoms with Crippen LogP contribution in [0.15, 0.2) is 38.0 Å². The molecule has 33 heavy (non-hydrogen) atoms. The number of carboxylic acids is 3. The second-order valence-electron chi connectivity index (χ2n) is 6.21. The van der Waals surface area contributed by atoms with Crippen molar-refractivity contribution in [2.24, 2.45) is 5.41 Å². The van der Waals surface area contributed by atoms with Gasteiger partial charge in [0.1, 0.15) is 12.2 Å². The summed E-state index contributed by atoms with van der Waals surface area (Å²) in [5.41, 5.74) is -1.11. The lowest BCUT2D eigenvalue weighted by Gasteiger charge is -2.23. The van der Waals surface area contributed by atoms with Crippen molar-refractivity contribution >= 4 is 17.9 Å². The minimum absolute atomic E-state index is 0.392. The van der Waals surface area contributed by atoms with Gasteiger partial charge in [0.25, 0.3) is 0 Å². The Labute approximate surface area is 191 Å². The van der Waals surface area contributed by atoms with Crippen molar-refractivity contribution in [2.45, 2.75) is 12.2 Å². The van der Waals surface area contributed by atoms with Crippen molar-refractivity contribution in [3.63, 3.8) is 0 Å². The van der Waals surface area contributed by atoms with E-state index in [0.29, 0.717) is 12.2 Å². The van der Waals surface area contributed by atoms with E-state index in [-0.39, 0.29) is 0 Å². The first-order valence-electron chi connectivity index (χ1n) is 9.31. The molecule has 2 atom stereocenters. The van der Waals surface area contributed by atoms with E-state index in [1.165, 1.54) is 0 Å². The van der Waals surface area contributed by atoms with E-state index in [0.717, 1.165) is 44.7 Å². The van der Waals surface area contributed by atoms with Crippen molar-refractivity contribution < 1.29 is 64.3 Å². The highest BCUT2D eigenvalue weighted by Gasteiger charge is 2.27. The maximum atomic E-state index is 9.25. The van der Waals surface area contributed by atoms with Gasteiger partial charge in [-0.2, -0.15) is 0 Å². The summed E-state index contributed by atoms with van der Waals surface area (Å²) in [6.45, 7) is 10.5. The van der Waals surface area contributed by atoms with E-state index in [1.54, 1.807) is 0 Å². The van der Waals surface area contributed by atoms with Crippen molar-refractivity contribution in [1.29, 1.82) is 0 Å². The van der Waals surface area contributed by atoms with Gasteiger partial charge >= 0.3 is 17.9 Å². The predicted molar refractivity (Wildman–Crippen MR) is 115 cm³/mol. The molecule has 0 radical (unpaired) electrons.